The molecule has 1 aliphatic heterocycles. The molecule has 0 bridgehead atoms. The van der Waals surface area contributed by atoms with Gasteiger partial charge in [-0.1, -0.05) is 30.3 Å². The van der Waals surface area contributed by atoms with E-state index in [2.05, 4.69) is 27.4 Å². The second-order valence-electron chi connectivity index (χ2n) is 6.55. The lowest BCUT2D eigenvalue weighted by molar-refractivity contribution is -0.138. The topological polar surface area (TPSA) is 75.2 Å². The van der Waals surface area contributed by atoms with Gasteiger partial charge in [-0.3, -0.25) is 19.6 Å². The number of nitrogens with zero attached hydrogens (tertiary/aromatic N) is 3. The fraction of sp³-hybridized carbons (Fsp3) is 0.400. The van der Waals surface area contributed by atoms with E-state index in [-0.39, 0.29) is 17.7 Å². The number of piperidine rings is 1. The molecule has 6 heteroatoms. The van der Waals surface area contributed by atoms with Crippen LogP contribution in [0, 0.1) is 5.92 Å². The number of carbonyl (C=O) groups excluding carboxylic acids is 2. The molecular weight excluding hydrogens is 328 g/mol. The average Bonchev–Trinajstić information content (AvgIpc) is 2.69. The highest BCUT2D eigenvalue weighted by Crippen LogP contribution is 2.18. The largest absolute Gasteiger partial charge is 0.355 e. The molecule has 0 saturated carbocycles. The summed E-state index contributed by atoms with van der Waals surface area (Å²) in [4.78, 5) is 34.6. The van der Waals surface area contributed by atoms with Gasteiger partial charge in [-0.05, 0) is 18.4 Å². The van der Waals surface area contributed by atoms with Crippen molar-refractivity contribution in [1.29, 1.82) is 0 Å². The third kappa shape index (κ3) is 5.12. The Labute approximate surface area is 153 Å². The Balaban J connectivity index is 1.45. The van der Waals surface area contributed by atoms with Crippen LogP contribution in [0.4, 0.5) is 0 Å². The van der Waals surface area contributed by atoms with E-state index in [0.717, 1.165) is 12.1 Å². The first-order valence-electron chi connectivity index (χ1n) is 9.06. The van der Waals surface area contributed by atoms with Gasteiger partial charge in [-0.2, -0.15) is 0 Å². The van der Waals surface area contributed by atoms with Crippen LogP contribution in [0.25, 0.3) is 0 Å². The van der Waals surface area contributed by atoms with Crippen molar-refractivity contribution < 1.29 is 9.59 Å². The van der Waals surface area contributed by atoms with E-state index >= 15 is 0 Å². The van der Waals surface area contributed by atoms with E-state index in [1.165, 1.54) is 5.56 Å². The van der Waals surface area contributed by atoms with Gasteiger partial charge in [0.25, 0.3) is 0 Å². The Morgan fingerprint density at radius 1 is 1.19 bits per heavy atom. The van der Waals surface area contributed by atoms with Gasteiger partial charge >= 0.3 is 0 Å². The summed E-state index contributed by atoms with van der Waals surface area (Å²) in [5.41, 5.74) is 2.06. The van der Waals surface area contributed by atoms with Crippen LogP contribution in [0.3, 0.4) is 0 Å². The lowest BCUT2D eigenvalue weighted by Gasteiger charge is -2.32. The first-order chi connectivity index (χ1) is 12.7. The minimum absolute atomic E-state index is 0.0195. The van der Waals surface area contributed by atoms with Gasteiger partial charge in [0.05, 0.1) is 11.6 Å². The van der Waals surface area contributed by atoms with Crippen molar-refractivity contribution in [1.82, 2.24) is 20.2 Å². The SMILES string of the molecule is O=C(NCCc1cnccn1)[C@@H]1CCC(=O)N(CCc2ccccc2)C1. The Bertz CT molecular complexity index is 721. The molecule has 1 fully saturated rings. The molecule has 1 atom stereocenters. The van der Waals surface area contributed by atoms with Gasteiger partial charge < -0.3 is 10.2 Å². The highest BCUT2D eigenvalue weighted by atomic mass is 16.2. The zero-order valence-corrected chi connectivity index (χ0v) is 14.8. The molecule has 0 radical (unpaired) electrons. The van der Waals surface area contributed by atoms with Gasteiger partial charge in [0.15, 0.2) is 0 Å². The number of aromatic nitrogens is 2. The van der Waals surface area contributed by atoms with Crippen LogP contribution >= 0.6 is 0 Å². The molecule has 1 aromatic carbocycles. The molecular formula is C20H24N4O2. The van der Waals surface area contributed by atoms with Crippen molar-refractivity contribution in [2.75, 3.05) is 19.6 Å². The van der Waals surface area contributed by atoms with Crippen LogP contribution in [0.2, 0.25) is 0 Å². The van der Waals surface area contributed by atoms with E-state index < -0.39 is 0 Å². The second-order valence-corrected chi connectivity index (χ2v) is 6.55. The van der Waals surface area contributed by atoms with Crippen LogP contribution in [0.15, 0.2) is 48.9 Å². The summed E-state index contributed by atoms with van der Waals surface area (Å²) >= 11 is 0. The number of benzene rings is 1. The highest BCUT2D eigenvalue weighted by Gasteiger charge is 2.29. The van der Waals surface area contributed by atoms with Crippen molar-refractivity contribution in [2.45, 2.75) is 25.7 Å². The van der Waals surface area contributed by atoms with Crippen molar-refractivity contribution in [3.05, 3.63) is 60.2 Å². The van der Waals surface area contributed by atoms with E-state index in [9.17, 15) is 9.59 Å². The zero-order chi connectivity index (χ0) is 18.2. The van der Waals surface area contributed by atoms with Crippen molar-refractivity contribution in [3.63, 3.8) is 0 Å². The van der Waals surface area contributed by atoms with E-state index in [1.807, 2.05) is 23.1 Å². The number of carbonyl (C=O) groups is 2. The van der Waals surface area contributed by atoms with Crippen LogP contribution in [0.1, 0.15) is 24.1 Å². The molecule has 2 aromatic rings. The lowest BCUT2D eigenvalue weighted by Crippen LogP contribution is -2.46. The number of hydrogen-bond acceptors (Lipinski definition) is 4. The fourth-order valence-electron chi connectivity index (χ4n) is 3.17. The molecule has 26 heavy (non-hydrogen) atoms. The molecule has 2 heterocycles. The summed E-state index contributed by atoms with van der Waals surface area (Å²) in [6, 6.07) is 10.1. The fourth-order valence-corrected chi connectivity index (χ4v) is 3.17. The summed E-state index contributed by atoms with van der Waals surface area (Å²) in [6.07, 6.45) is 7.52. The third-order valence-corrected chi connectivity index (χ3v) is 4.68. The van der Waals surface area contributed by atoms with E-state index in [0.29, 0.717) is 38.9 Å². The van der Waals surface area contributed by atoms with Crippen LogP contribution in [-0.2, 0) is 22.4 Å². The van der Waals surface area contributed by atoms with Crippen LogP contribution in [-0.4, -0.2) is 46.3 Å². The summed E-state index contributed by atoms with van der Waals surface area (Å²) < 4.78 is 0. The molecule has 1 aliphatic rings. The number of nitrogens with one attached hydrogen (secondary N) is 1. The minimum atomic E-state index is -0.134. The zero-order valence-electron chi connectivity index (χ0n) is 14.8. The number of rotatable bonds is 7. The van der Waals surface area contributed by atoms with Crippen molar-refractivity contribution in [3.8, 4) is 0 Å². The monoisotopic (exact) mass is 352 g/mol. The Kier molecular flexibility index (Phi) is 6.30. The van der Waals surface area contributed by atoms with Gasteiger partial charge in [0.2, 0.25) is 11.8 Å². The molecule has 3 rings (SSSR count). The summed E-state index contributed by atoms with van der Waals surface area (Å²) in [7, 11) is 0. The standard InChI is InChI=1S/C20H24N4O2/c25-19-7-6-17(15-24(19)13-9-16-4-2-1-3-5-16)20(26)23-10-8-18-14-21-11-12-22-18/h1-5,11-12,14,17H,6-10,13,15H2,(H,23,26)/t17-/m1/s1. The maximum absolute atomic E-state index is 12.4. The number of hydrogen-bond donors (Lipinski definition) is 1. The first kappa shape index (κ1) is 18.0. The van der Waals surface area contributed by atoms with E-state index in [1.54, 1.807) is 18.6 Å². The predicted octanol–water partition coefficient (Wildman–Crippen LogP) is 1.62. The van der Waals surface area contributed by atoms with Gasteiger partial charge in [-0.25, -0.2) is 0 Å². The second kappa shape index (κ2) is 9.08. The number of likely N-dealkylation sites (tertiary alicyclic amines) is 1. The van der Waals surface area contributed by atoms with E-state index in [4.69, 9.17) is 0 Å². The van der Waals surface area contributed by atoms with Crippen LogP contribution < -0.4 is 5.32 Å². The maximum Gasteiger partial charge on any atom is 0.224 e. The summed E-state index contributed by atoms with van der Waals surface area (Å²) in [6.45, 7) is 1.70. The number of amides is 2. The van der Waals surface area contributed by atoms with Gasteiger partial charge in [0, 0.05) is 51.1 Å². The Morgan fingerprint density at radius 2 is 2.04 bits per heavy atom. The third-order valence-electron chi connectivity index (χ3n) is 4.68. The summed E-state index contributed by atoms with van der Waals surface area (Å²) in [5, 5.41) is 2.97. The molecule has 1 saturated heterocycles. The molecule has 0 spiro atoms. The smallest absolute Gasteiger partial charge is 0.224 e. The van der Waals surface area contributed by atoms with Gasteiger partial charge in [-0.15, -0.1) is 0 Å². The molecule has 1 aromatic heterocycles. The molecule has 136 valence electrons. The normalized spacial score (nSPS) is 17.2. The van der Waals surface area contributed by atoms with Crippen molar-refractivity contribution >= 4 is 11.8 Å². The van der Waals surface area contributed by atoms with Crippen molar-refractivity contribution in [2.24, 2.45) is 5.92 Å². The van der Waals surface area contributed by atoms with Gasteiger partial charge in [0.1, 0.15) is 0 Å². The Morgan fingerprint density at radius 3 is 2.81 bits per heavy atom. The quantitative estimate of drug-likeness (QED) is 0.822. The highest BCUT2D eigenvalue weighted by molar-refractivity contribution is 5.83. The minimum Gasteiger partial charge on any atom is -0.355 e. The lowest BCUT2D eigenvalue weighted by atomic mass is 9.96. The molecule has 6 nitrogen and oxygen atoms in total. The summed E-state index contributed by atoms with van der Waals surface area (Å²) in [5.74, 6) is 0.0287. The Hall–Kier alpha value is -2.76. The average molecular weight is 352 g/mol. The van der Waals surface area contributed by atoms with Crippen LogP contribution in [0.5, 0.6) is 0 Å². The molecule has 0 unspecified atom stereocenters. The molecule has 2 amide bonds. The molecule has 1 N–H and O–H groups in total. The molecule has 0 aliphatic carbocycles. The predicted molar refractivity (Wildman–Crippen MR) is 98.2 cm³/mol. The first-order valence-corrected chi connectivity index (χ1v) is 9.06. The maximum atomic E-state index is 12.4.